The lowest BCUT2D eigenvalue weighted by molar-refractivity contribution is -0.137. The van der Waals surface area contributed by atoms with Gasteiger partial charge < -0.3 is 10.1 Å². The maximum absolute atomic E-state index is 12.9. The second-order valence-electron chi connectivity index (χ2n) is 5.64. The molecule has 1 aromatic carbocycles. The Morgan fingerprint density at radius 3 is 2.41 bits per heavy atom. The van der Waals surface area contributed by atoms with Gasteiger partial charge in [-0.05, 0) is 36.4 Å². The summed E-state index contributed by atoms with van der Waals surface area (Å²) in [6, 6.07) is 6.87. The summed E-state index contributed by atoms with van der Waals surface area (Å²) in [4.78, 5) is 24.2. The quantitative estimate of drug-likeness (QED) is 0.668. The topological polar surface area (TPSA) is 107 Å². The van der Waals surface area contributed by atoms with Crippen molar-refractivity contribution < 1.29 is 27.5 Å². The average Bonchev–Trinajstić information content (AvgIpc) is 2.73. The van der Waals surface area contributed by atoms with Crippen LogP contribution in [-0.2, 0) is 10.9 Å². The Hall–Kier alpha value is -3.89. The molecule has 0 saturated carbocycles. The van der Waals surface area contributed by atoms with Crippen LogP contribution in [0.1, 0.15) is 26.4 Å². The number of esters is 1. The maximum atomic E-state index is 12.9. The standard InChI is InChI=1S/C18H12F3N5O3/c1-29-17(28)12-8-11(18(19,20)21)2-3-14(12)24-16(27)15-5-4-13(25-26-15)10-6-7-22-23-9-10/h2-9H,1H3,(H,24,27). The van der Waals surface area contributed by atoms with E-state index in [4.69, 9.17) is 0 Å². The number of rotatable bonds is 4. The predicted molar refractivity (Wildman–Crippen MR) is 93.8 cm³/mol. The number of hydrogen-bond donors (Lipinski definition) is 1. The van der Waals surface area contributed by atoms with Crippen molar-refractivity contribution in [2.75, 3.05) is 12.4 Å². The van der Waals surface area contributed by atoms with Crippen LogP contribution in [0, 0.1) is 0 Å². The van der Waals surface area contributed by atoms with E-state index in [9.17, 15) is 22.8 Å². The second-order valence-corrected chi connectivity index (χ2v) is 5.64. The van der Waals surface area contributed by atoms with Gasteiger partial charge in [0.1, 0.15) is 0 Å². The molecule has 1 N–H and O–H groups in total. The highest BCUT2D eigenvalue weighted by molar-refractivity contribution is 6.07. The zero-order valence-electron chi connectivity index (χ0n) is 14.8. The molecule has 0 bridgehead atoms. The van der Waals surface area contributed by atoms with Crippen LogP contribution in [0.2, 0.25) is 0 Å². The van der Waals surface area contributed by atoms with Crippen molar-refractivity contribution in [1.29, 1.82) is 0 Å². The number of ether oxygens (including phenoxy) is 1. The molecule has 0 fully saturated rings. The molecule has 0 aliphatic heterocycles. The lowest BCUT2D eigenvalue weighted by Crippen LogP contribution is -2.18. The van der Waals surface area contributed by atoms with Crippen LogP contribution >= 0.6 is 0 Å². The molecule has 0 spiro atoms. The van der Waals surface area contributed by atoms with Crippen LogP contribution in [0.25, 0.3) is 11.3 Å². The molecule has 148 valence electrons. The number of hydrogen-bond acceptors (Lipinski definition) is 7. The molecule has 0 saturated heterocycles. The van der Waals surface area contributed by atoms with Crippen molar-refractivity contribution in [3.8, 4) is 11.3 Å². The van der Waals surface area contributed by atoms with Gasteiger partial charge in [0.25, 0.3) is 5.91 Å². The van der Waals surface area contributed by atoms with E-state index in [1.54, 1.807) is 6.07 Å². The van der Waals surface area contributed by atoms with E-state index in [1.165, 1.54) is 24.5 Å². The Labute approximate surface area is 161 Å². The normalized spacial score (nSPS) is 11.0. The van der Waals surface area contributed by atoms with Crippen LogP contribution in [-0.4, -0.2) is 39.4 Å². The number of anilines is 1. The smallest absolute Gasteiger partial charge is 0.416 e. The number of carbonyl (C=O) groups is 2. The fourth-order valence-corrected chi connectivity index (χ4v) is 2.34. The van der Waals surface area contributed by atoms with Gasteiger partial charge in [0.2, 0.25) is 0 Å². The van der Waals surface area contributed by atoms with Gasteiger partial charge in [-0.1, -0.05) is 0 Å². The summed E-state index contributed by atoms with van der Waals surface area (Å²) < 4.78 is 43.2. The summed E-state index contributed by atoms with van der Waals surface area (Å²) in [5.74, 6) is -1.79. The molecule has 1 amide bonds. The Morgan fingerprint density at radius 1 is 1.03 bits per heavy atom. The molecular formula is C18H12F3N5O3. The first kappa shape index (κ1) is 19.9. The molecule has 2 heterocycles. The molecule has 0 radical (unpaired) electrons. The van der Waals surface area contributed by atoms with Gasteiger partial charge >= 0.3 is 12.1 Å². The van der Waals surface area contributed by atoms with E-state index in [-0.39, 0.29) is 11.4 Å². The Bertz CT molecular complexity index is 1040. The van der Waals surface area contributed by atoms with Crippen LogP contribution in [0.4, 0.5) is 18.9 Å². The average molecular weight is 403 g/mol. The van der Waals surface area contributed by atoms with Crippen molar-refractivity contribution >= 4 is 17.6 Å². The molecule has 11 heteroatoms. The van der Waals surface area contributed by atoms with Crippen molar-refractivity contribution in [2.45, 2.75) is 6.18 Å². The minimum Gasteiger partial charge on any atom is -0.465 e. The van der Waals surface area contributed by atoms with Gasteiger partial charge in [-0.2, -0.15) is 23.4 Å². The third-order valence-corrected chi connectivity index (χ3v) is 3.78. The van der Waals surface area contributed by atoms with Gasteiger partial charge in [-0.15, -0.1) is 10.2 Å². The number of amides is 1. The van der Waals surface area contributed by atoms with E-state index < -0.39 is 29.2 Å². The zero-order chi connectivity index (χ0) is 21.0. The van der Waals surface area contributed by atoms with E-state index in [1.807, 2.05) is 0 Å². The Kier molecular flexibility index (Phi) is 5.48. The summed E-state index contributed by atoms with van der Waals surface area (Å²) >= 11 is 0. The van der Waals surface area contributed by atoms with E-state index in [0.29, 0.717) is 17.3 Å². The molecule has 29 heavy (non-hydrogen) atoms. The fraction of sp³-hybridized carbons (Fsp3) is 0.111. The molecule has 2 aromatic heterocycles. The molecule has 0 aliphatic rings. The van der Waals surface area contributed by atoms with Crippen molar-refractivity contribution in [1.82, 2.24) is 20.4 Å². The highest BCUT2D eigenvalue weighted by Gasteiger charge is 2.32. The number of alkyl halides is 3. The van der Waals surface area contributed by atoms with Crippen molar-refractivity contribution in [3.05, 3.63) is 65.6 Å². The predicted octanol–water partition coefficient (Wildman–Crippen LogP) is 2.99. The fourth-order valence-electron chi connectivity index (χ4n) is 2.34. The molecule has 0 aliphatic carbocycles. The number of nitrogens with zero attached hydrogens (tertiary/aromatic N) is 4. The van der Waals surface area contributed by atoms with Crippen LogP contribution in [0.5, 0.6) is 0 Å². The molecule has 3 rings (SSSR count). The largest absolute Gasteiger partial charge is 0.465 e. The summed E-state index contributed by atoms with van der Waals surface area (Å²) in [6.07, 6.45) is -1.72. The minimum atomic E-state index is -4.66. The number of benzene rings is 1. The lowest BCUT2D eigenvalue weighted by atomic mass is 10.1. The number of carbonyl (C=O) groups excluding carboxylic acids is 2. The Morgan fingerprint density at radius 2 is 1.83 bits per heavy atom. The number of methoxy groups -OCH3 is 1. The molecule has 0 atom stereocenters. The first-order valence-corrected chi connectivity index (χ1v) is 8.01. The summed E-state index contributed by atoms with van der Waals surface area (Å²) in [5.41, 5.74) is -0.670. The minimum absolute atomic E-state index is 0.105. The third kappa shape index (κ3) is 4.51. The van der Waals surface area contributed by atoms with E-state index >= 15 is 0 Å². The van der Waals surface area contributed by atoms with Gasteiger partial charge in [0.05, 0.1) is 42.0 Å². The van der Waals surface area contributed by atoms with Crippen LogP contribution < -0.4 is 5.32 Å². The number of aromatic nitrogens is 4. The van der Waals surface area contributed by atoms with Gasteiger partial charge in [-0.25, -0.2) is 4.79 Å². The monoisotopic (exact) mass is 403 g/mol. The number of halogens is 3. The Balaban J connectivity index is 1.85. The van der Waals surface area contributed by atoms with Gasteiger partial charge in [0.15, 0.2) is 5.69 Å². The highest BCUT2D eigenvalue weighted by Crippen LogP contribution is 2.32. The summed E-state index contributed by atoms with van der Waals surface area (Å²) in [6.45, 7) is 0. The SMILES string of the molecule is COC(=O)c1cc(C(F)(F)F)ccc1NC(=O)c1ccc(-c2ccnnc2)nn1. The molecular weight excluding hydrogens is 391 g/mol. The lowest BCUT2D eigenvalue weighted by Gasteiger charge is -2.13. The molecule has 3 aromatic rings. The second kappa shape index (κ2) is 8.00. The van der Waals surface area contributed by atoms with Gasteiger partial charge in [0, 0.05) is 5.56 Å². The van der Waals surface area contributed by atoms with Crippen molar-refractivity contribution in [2.24, 2.45) is 0 Å². The van der Waals surface area contributed by atoms with E-state index in [0.717, 1.165) is 19.2 Å². The molecule has 0 unspecified atom stereocenters. The molecule has 8 nitrogen and oxygen atoms in total. The summed E-state index contributed by atoms with van der Waals surface area (Å²) in [7, 11) is 1.02. The third-order valence-electron chi connectivity index (χ3n) is 3.78. The zero-order valence-corrected chi connectivity index (χ0v) is 14.8. The van der Waals surface area contributed by atoms with Crippen LogP contribution in [0.3, 0.4) is 0 Å². The van der Waals surface area contributed by atoms with E-state index in [2.05, 4.69) is 30.4 Å². The van der Waals surface area contributed by atoms with Crippen molar-refractivity contribution in [3.63, 3.8) is 0 Å². The number of nitrogens with one attached hydrogen (secondary N) is 1. The first-order chi connectivity index (χ1) is 13.8. The highest BCUT2D eigenvalue weighted by atomic mass is 19.4. The van der Waals surface area contributed by atoms with Crippen LogP contribution in [0.15, 0.2) is 48.8 Å². The summed E-state index contributed by atoms with van der Waals surface area (Å²) in [5, 5.41) is 17.4. The first-order valence-electron chi connectivity index (χ1n) is 8.01. The van der Waals surface area contributed by atoms with Gasteiger partial charge in [-0.3, -0.25) is 4.79 Å². The maximum Gasteiger partial charge on any atom is 0.416 e.